The van der Waals surface area contributed by atoms with E-state index in [0.717, 1.165) is 41.4 Å². The van der Waals surface area contributed by atoms with E-state index in [9.17, 15) is 4.79 Å². The molecular weight excluding hydrogens is 262 g/mol. The van der Waals surface area contributed by atoms with Gasteiger partial charge in [0.25, 0.3) is 5.91 Å². The number of amides is 1. The molecule has 2 bridgehead atoms. The molecule has 1 amide bonds. The van der Waals surface area contributed by atoms with Gasteiger partial charge in [-0.1, -0.05) is 0 Å². The number of aromatic nitrogens is 2. The van der Waals surface area contributed by atoms with Gasteiger partial charge in [-0.15, -0.1) is 0 Å². The first kappa shape index (κ1) is 11.8. The average molecular weight is 281 g/mol. The molecule has 4 nitrogen and oxygen atoms in total. The van der Waals surface area contributed by atoms with Gasteiger partial charge >= 0.3 is 0 Å². The lowest BCUT2D eigenvalue weighted by atomic mass is 9.49. The lowest BCUT2D eigenvalue weighted by molar-refractivity contribution is -0.127. The molecule has 3 fully saturated rings. The first-order valence-electron chi connectivity index (χ1n) is 7.87. The van der Waals surface area contributed by atoms with Gasteiger partial charge in [-0.05, 0) is 56.7 Å². The summed E-state index contributed by atoms with van der Waals surface area (Å²) in [7, 11) is 0. The van der Waals surface area contributed by atoms with Gasteiger partial charge in [-0.3, -0.25) is 4.79 Å². The number of aryl methyl sites for hydroxylation is 2. The molecule has 0 N–H and O–H groups in total. The highest BCUT2D eigenvalue weighted by Crippen LogP contribution is 2.61. The minimum Gasteiger partial charge on any atom is -0.330 e. The van der Waals surface area contributed by atoms with E-state index in [0.29, 0.717) is 0 Å². The summed E-state index contributed by atoms with van der Waals surface area (Å²) in [6.07, 6.45) is 3.69. The zero-order chi connectivity index (χ0) is 14.4. The maximum Gasteiger partial charge on any atom is 0.271 e. The Kier molecular flexibility index (Phi) is 1.96. The van der Waals surface area contributed by atoms with Gasteiger partial charge in [0.15, 0.2) is 0 Å². The summed E-state index contributed by atoms with van der Waals surface area (Å²) in [6.45, 7) is 5.85. The molecule has 0 atom stereocenters. The van der Waals surface area contributed by atoms with Gasteiger partial charge in [0.2, 0.25) is 0 Å². The predicted molar refractivity (Wildman–Crippen MR) is 80.3 cm³/mol. The largest absolute Gasteiger partial charge is 0.330 e. The van der Waals surface area contributed by atoms with E-state index in [1.54, 1.807) is 0 Å². The van der Waals surface area contributed by atoms with Crippen molar-refractivity contribution in [1.29, 1.82) is 0 Å². The van der Waals surface area contributed by atoms with Gasteiger partial charge in [0, 0.05) is 29.7 Å². The van der Waals surface area contributed by atoms with Crippen LogP contribution in [0.1, 0.15) is 41.0 Å². The van der Waals surface area contributed by atoms with Crippen molar-refractivity contribution in [2.75, 3.05) is 6.54 Å². The normalized spacial score (nSPS) is 30.1. The second-order valence-electron chi connectivity index (χ2n) is 7.16. The summed E-state index contributed by atoms with van der Waals surface area (Å²) in [6, 6.07) is 4.15. The summed E-state index contributed by atoms with van der Waals surface area (Å²) in [5.41, 5.74) is 4.27. The Morgan fingerprint density at radius 2 is 1.95 bits per heavy atom. The second-order valence-corrected chi connectivity index (χ2v) is 7.16. The SMILES string of the molecule is Cc1cc(C)c2cc3n(c2n1)CCN(C12CC(C1)C2)C3=O. The Labute approximate surface area is 123 Å². The van der Waals surface area contributed by atoms with Crippen LogP contribution in [0.2, 0.25) is 0 Å². The maximum atomic E-state index is 12.9. The number of carbonyl (C=O) groups excluding carboxylic acids is 1. The van der Waals surface area contributed by atoms with E-state index in [1.807, 2.05) is 6.92 Å². The van der Waals surface area contributed by atoms with Crippen molar-refractivity contribution in [1.82, 2.24) is 14.5 Å². The first-order valence-corrected chi connectivity index (χ1v) is 7.87. The van der Waals surface area contributed by atoms with Crippen LogP contribution in [-0.2, 0) is 6.54 Å². The highest BCUT2D eigenvalue weighted by Gasteiger charge is 2.61. The van der Waals surface area contributed by atoms with Crippen LogP contribution >= 0.6 is 0 Å². The molecule has 2 aromatic rings. The Morgan fingerprint density at radius 3 is 2.62 bits per heavy atom. The molecule has 108 valence electrons. The zero-order valence-corrected chi connectivity index (χ0v) is 12.5. The molecule has 4 heteroatoms. The van der Waals surface area contributed by atoms with Gasteiger partial charge in [0.1, 0.15) is 11.3 Å². The number of pyridine rings is 1. The van der Waals surface area contributed by atoms with Gasteiger partial charge in [-0.2, -0.15) is 0 Å². The van der Waals surface area contributed by atoms with Crippen molar-refractivity contribution in [3.05, 3.63) is 29.1 Å². The van der Waals surface area contributed by atoms with Crippen molar-refractivity contribution >= 4 is 16.9 Å². The van der Waals surface area contributed by atoms with Crippen LogP contribution in [0.3, 0.4) is 0 Å². The molecule has 1 aliphatic heterocycles. The fourth-order valence-corrected chi connectivity index (χ4v) is 4.60. The molecule has 3 saturated carbocycles. The summed E-state index contributed by atoms with van der Waals surface area (Å²) in [4.78, 5) is 19.7. The predicted octanol–water partition coefficient (Wildman–Crippen LogP) is 2.66. The number of carbonyl (C=O) groups is 1. The van der Waals surface area contributed by atoms with E-state index in [2.05, 4.69) is 33.5 Å². The molecule has 3 heterocycles. The Hall–Kier alpha value is -1.84. The topological polar surface area (TPSA) is 38.1 Å². The maximum absolute atomic E-state index is 12.9. The van der Waals surface area contributed by atoms with Crippen LogP contribution in [-0.4, -0.2) is 32.4 Å². The highest BCUT2D eigenvalue weighted by atomic mass is 16.2. The van der Waals surface area contributed by atoms with Crippen LogP contribution in [0.4, 0.5) is 0 Å². The van der Waals surface area contributed by atoms with Crippen molar-refractivity contribution < 1.29 is 4.79 Å². The van der Waals surface area contributed by atoms with E-state index in [-0.39, 0.29) is 11.4 Å². The molecular formula is C17H19N3O. The third kappa shape index (κ3) is 1.31. The molecule has 0 spiro atoms. The quantitative estimate of drug-likeness (QED) is 0.806. The summed E-state index contributed by atoms with van der Waals surface area (Å²) < 4.78 is 2.12. The molecule has 0 saturated heterocycles. The lowest BCUT2D eigenvalue weighted by Gasteiger charge is -2.66. The van der Waals surface area contributed by atoms with Gasteiger partial charge in [-0.25, -0.2) is 4.98 Å². The third-order valence-corrected chi connectivity index (χ3v) is 5.79. The van der Waals surface area contributed by atoms with Crippen LogP contribution in [0.15, 0.2) is 12.1 Å². The third-order valence-electron chi connectivity index (χ3n) is 5.79. The Balaban J connectivity index is 1.65. The lowest BCUT2D eigenvalue weighted by Crippen LogP contribution is -2.70. The fourth-order valence-electron chi connectivity index (χ4n) is 4.60. The standard InChI is InChI=1S/C17H19N3O/c1-10-5-11(2)18-15-13(10)6-14-16(21)20(4-3-19(14)15)17-7-12(8-17)9-17/h5-6,12H,3-4,7-9H2,1-2H3. The van der Waals surface area contributed by atoms with E-state index in [4.69, 9.17) is 0 Å². The molecule has 21 heavy (non-hydrogen) atoms. The van der Waals surface area contributed by atoms with Crippen LogP contribution in [0, 0.1) is 19.8 Å². The van der Waals surface area contributed by atoms with E-state index < -0.39 is 0 Å². The van der Waals surface area contributed by atoms with Gasteiger partial charge < -0.3 is 9.47 Å². The summed E-state index contributed by atoms with van der Waals surface area (Å²) >= 11 is 0. The average Bonchev–Trinajstić information content (AvgIpc) is 2.69. The number of nitrogens with zero attached hydrogens (tertiary/aromatic N) is 3. The second kappa shape index (κ2) is 3.49. The van der Waals surface area contributed by atoms with Crippen LogP contribution < -0.4 is 0 Å². The van der Waals surface area contributed by atoms with E-state index >= 15 is 0 Å². The number of rotatable bonds is 1. The highest BCUT2D eigenvalue weighted by molar-refractivity contribution is 6.00. The van der Waals surface area contributed by atoms with Crippen molar-refractivity contribution in [2.24, 2.45) is 5.92 Å². The summed E-state index contributed by atoms with van der Waals surface area (Å²) in [5, 5.41) is 1.13. The molecule has 4 aliphatic rings. The van der Waals surface area contributed by atoms with Crippen LogP contribution in [0.5, 0.6) is 0 Å². The minimum absolute atomic E-state index is 0.217. The smallest absolute Gasteiger partial charge is 0.271 e. The molecule has 6 rings (SSSR count). The molecule has 0 aromatic carbocycles. The van der Waals surface area contributed by atoms with Gasteiger partial charge in [0.05, 0.1) is 0 Å². The monoisotopic (exact) mass is 281 g/mol. The number of hydrogen-bond donors (Lipinski definition) is 0. The van der Waals surface area contributed by atoms with Crippen LogP contribution in [0.25, 0.3) is 11.0 Å². The zero-order valence-electron chi connectivity index (χ0n) is 12.5. The van der Waals surface area contributed by atoms with E-state index in [1.165, 1.54) is 24.8 Å². The first-order chi connectivity index (χ1) is 10.1. The summed E-state index contributed by atoms with van der Waals surface area (Å²) in [5.74, 6) is 1.12. The van der Waals surface area contributed by atoms with Crippen molar-refractivity contribution in [3.63, 3.8) is 0 Å². The number of hydrogen-bond acceptors (Lipinski definition) is 2. The number of fused-ring (bicyclic) bond motifs is 3. The van der Waals surface area contributed by atoms with Crippen molar-refractivity contribution in [2.45, 2.75) is 45.2 Å². The molecule has 0 radical (unpaired) electrons. The molecule has 3 aliphatic carbocycles. The molecule has 2 aromatic heterocycles. The fraction of sp³-hybridized carbons (Fsp3) is 0.529. The van der Waals surface area contributed by atoms with Crippen molar-refractivity contribution in [3.8, 4) is 0 Å². The Bertz CT molecular complexity index is 787. The molecule has 0 unspecified atom stereocenters. The minimum atomic E-state index is 0.217. The Morgan fingerprint density at radius 1 is 1.19 bits per heavy atom.